The molecule has 7 nitrogen and oxygen atoms in total. The molecule has 2 aromatic rings. The van der Waals surface area contributed by atoms with Gasteiger partial charge in [0.15, 0.2) is 5.13 Å². The van der Waals surface area contributed by atoms with Gasteiger partial charge in [-0.05, 0) is 12.5 Å². The first-order valence-corrected chi connectivity index (χ1v) is 8.87. The molecule has 0 saturated carbocycles. The average Bonchev–Trinajstić information content (AvgIpc) is 3.01. The summed E-state index contributed by atoms with van der Waals surface area (Å²) in [6.07, 6.45) is 0.833. The highest BCUT2D eigenvalue weighted by Crippen LogP contribution is 2.22. The molecule has 3 rings (SSSR count). The minimum atomic E-state index is -0.0443. The maximum absolute atomic E-state index is 12.0. The van der Waals surface area contributed by atoms with Crippen LogP contribution in [0.5, 0.6) is 0 Å². The number of aromatic nitrogens is 3. The van der Waals surface area contributed by atoms with E-state index >= 15 is 0 Å². The summed E-state index contributed by atoms with van der Waals surface area (Å²) in [5, 5.41) is 7.13. The van der Waals surface area contributed by atoms with Crippen molar-refractivity contribution in [2.24, 2.45) is 0 Å². The number of aryl methyl sites for hydroxylation is 1. The number of nitrogens with zero attached hydrogens (tertiary/aromatic N) is 5. The third-order valence-corrected chi connectivity index (χ3v) is 5.17. The van der Waals surface area contributed by atoms with E-state index in [0.717, 1.165) is 29.9 Å². The van der Waals surface area contributed by atoms with Crippen LogP contribution < -0.4 is 10.5 Å². The highest BCUT2D eigenvalue weighted by atomic mass is 32.1. The summed E-state index contributed by atoms with van der Waals surface area (Å²) in [7, 11) is 1.73. The number of amides is 1. The zero-order chi connectivity index (χ0) is 17.3. The van der Waals surface area contributed by atoms with Crippen molar-refractivity contribution in [3.63, 3.8) is 0 Å². The summed E-state index contributed by atoms with van der Waals surface area (Å²) in [6.45, 7) is 6.35. The van der Waals surface area contributed by atoms with Gasteiger partial charge in [0.25, 0.3) is 5.56 Å². The topological polar surface area (TPSA) is 71.3 Å². The third-order valence-electron chi connectivity index (χ3n) is 4.21. The number of rotatable bonds is 4. The van der Waals surface area contributed by atoms with Crippen LogP contribution >= 0.6 is 11.3 Å². The van der Waals surface area contributed by atoms with Crippen molar-refractivity contribution in [2.45, 2.75) is 39.9 Å². The monoisotopic (exact) mass is 347 g/mol. The molecule has 2 aromatic heterocycles. The van der Waals surface area contributed by atoms with Crippen molar-refractivity contribution in [3.05, 3.63) is 38.8 Å². The molecule has 0 saturated heterocycles. The molecule has 8 heteroatoms. The summed E-state index contributed by atoms with van der Waals surface area (Å²) >= 11 is 1.47. The van der Waals surface area contributed by atoms with Gasteiger partial charge in [-0.3, -0.25) is 19.4 Å². The van der Waals surface area contributed by atoms with Crippen LogP contribution in [0.25, 0.3) is 0 Å². The normalized spacial score (nSPS) is 14.5. The van der Waals surface area contributed by atoms with Crippen LogP contribution in [-0.2, 0) is 30.8 Å². The Labute approximate surface area is 144 Å². The van der Waals surface area contributed by atoms with Crippen LogP contribution in [0.3, 0.4) is 0 Å². The molecule has 24 heavy (non-hydrogen) atoms. The van der Waals surface area contributed by atoms with Gasteiger partial charge in [0.05, 0.1) is 11.4 Å². The molecule has 0 aliphatic carbocycles. The van der Waals surface area contributed by atoms with Gasteiger partial charge in [-0.1, -0.05) is 0 Å². The number of anilines is 1. The molecule has 0 bridgehead atoms. The molecule has 0 unspecified atom stereocenters. The van der Waals surface area contributed by atoms with Crippen LogP contribution in [0.1, 0.15) is 30.8 Å². The van der Waals surface area contributed by atoms with Gasteiger partial charge in [-0.15, -0.1) is 11.3 Å². The lowest BCUT2D eigenvalue weighted by Crippen LogP contribution is -2.34. The standard InChI is InChI=1S/C16H21N5O2S/c1-4-21-15(23)7-12-8-20(6-5-14(12)18-21)9-13-10-24-16(17-13)19(3)11(2)22/h7,10H,4-6,8-9H2,1-3H3. The Bertz CT molecular complexity index is 813. The van der Waals surface area contributed by atoms with Crippen molar-refractivity contribution in [1.29, 1.82) is 0 Å². The Balaban J connectivity index is 1.71. The Morgan fingerprint density at radius 3 is 2.96 bits per heavy atom. The second kappa shape index (κ2) is 6.82. The van der Waals surface area contributed by atoms with Gasteiger partial charge < -0.3 is 0 Å². The van der Waals surface area contributed by atoms with Crippen LogP contribution in [0.2, 0.25) is 0 Å². The van der Waals surface area contributed by atoms with E-state index in [1.54, 1.807) is 18.0 Å². The largest absolute Gasteiger partial charge is 0.293 e. The quantitative estimate of drug-likeness (QED) is 0.833. The van der Waals surface area contributed by atoms with Crippen LogP contribution in [0.15, 0.2) is 16.2 Å². The molecular weight excluding hydrogens is 326 g/mol. The average molecular weight is 347 g/mol. The fraction of sp³-hybridized carbons (Fsp3) is 0.500. The van der Waals surface area contributed by atoms with E-state index in [9.17, 15) is 9.59 Å². The molecule has 1 aliphatic heterocycles. The number of hydrogen-bond donors (Lipinski definition) is 0. The lowest BCUT2D eigenvalue weighted by Gasteiger charge is -2.27. The van der Waals surface area contributed by atoms with Gasteiger partial charge in [0.2, 0.25) is 5.91 Å². The number of fused-ring (bicyclic) bond motifs is 1. The minimum Gasteiger partial charge on any atom is -0.293 e. The first kappa shape index (κ1) is 16.8. The van der Waals surface area contributed by atoms with Crippen molar-refractivity contribution in [3.8, 4) is 0 Å². The minimum absolute atomic E-state index is 0.0268. The summed E-state index contributed by atoms with van der Waals surface area (Å²) in [4.78, 5) is 31.7. The van der Waals surface area contributed by atoms with Crippen LogP contribution in [-0.4, -0.2) is 39.2 Å². The molecule has 0 N–H and O–H groups in total. The predicted molar refractivity (Wildman–Crippen MR) is 93.2 cm³/mol. The smallest absolute Gasteiger partial charge is 0.267 e. The zero-order valence-electron chi connectivity index (χ0n) is 14.2. The molecule has 0 aromatic carbocycles. The molecular formula is C16H21N5O2S. The SMILES string of the molecule is CCn1nc2c(cc1=O)CN(Cc1csc(N(C)C(C)=O)n1)CC2. The Morgan fingerprint density at radius 2 is 2.25 bits per heavy atom. The summed E-state index contributed by atoms with van der Waals surface area (Å²) in [5.74, 6) is -0.0268. The maximum Gasteiger partial charge on any atom is 0.267 e. The number of hydrogen-bond acceptors (Lipinski definition) is 6. The highest BCUT2D eigenvalue weighted by Gasteiger charge is 2.20. The van der Waals surface area contributed by atoms with Crippen LogP contribution in [0.4, 0.5) is 5.13 Å². The fourth-order valence-electron chi connectivity index (χ4n) is 2.75. The number of carbonyl (C=O) groups is 1. The Morgan fingerprint density at radius 1 is 1.46 bits per heavy atom. The van der Waals surface area contributed by atoms with E-state index in [0.29, 0.717) is 24.8 Å². The summed E-state index contributed by atoms with van der Waals surface area (Å²) in [6, 6.07) is 1.70. The number of carbonyl (C=O) groups excluding carboxylic acids is 1. The van der Waals surface area contributed by atoms with E-state index in [1.807, 2.05) is 12.3 Å². The molecule has 0 spiro atoms. The third kappa shape index (κ3) is 3.39. The zero-order valence-corrected chi connectivity index (χ0v) is 15.0. The molecule has 0 atom stereocenters. The van der Waals surface area contributed by atoms with Gasteiger partial charge in [0, 0.05) is 58.0 Å². The lowest BCUT2D eigenvalue weighted by molar-refractivity contribution is -0.116. The molecule has 1 aliphatic rings. The van der Waals surface area contributed by atoms with Crippen molar-refractivity contribution in [2.75, 3.05) is 18.5 Å². The van der Waals surface area contributed by atoms with Crippen molar-refractivity contribution in [1.82, 2.24) is 19.7 Å². The fourth-order valence-corrected chi connectivity index (χ4v) is 3.57. The number of thiazole rings is 1. The molecule has 0 fully saturated rings. The summed E-state index contributed by atoms with van der Waals surface area (Å²) in [5.41, 5.74) is 2.92. The van der Waals surface area contributed by atoms with Gasteiger partial charge in [-0.25, -0.2) is 9.67 Å². The second-order valence-electron chi connectivity index (χ2n) is 5.93. The summed E-state index contributed by atoms with van der Waals surface area (Å²) < 4.78 is 1.51. The maximum atomic E-state index is 12.0. The predicted octanol–water partition coefficient (Wildman–Crippen LogP) is 1.26. The van der Waals surface area contributed by atoms with Crippen molar-refractivity contribution < 1.29 is 4.79 Å². The first-order chi connectivity index (χ1) is 11.5. The van der Waals surface area contributed by atoms with E-state index in [2.05, 4.69) is 15.0 Å². The van der Waals surface area contributed by atoms with Crippen molar-refractivity contribution >= 4 is 22.4 Å². The molecule has 3 heterocycles. The van der Waals surface area contributed by atoms with E-state index in [1.165, 1.54) is 22.9 Å². The lowest BCUT2D eigenvalue weighted by atomic mass is 10.1. The van der Waals surface area contributed by atoms with Gasteiger partial charge in [-0.2, -0.15) is 5.10 Å². The van der Waals surface area contributed by atoms with Gasteiger partial charge >= 0.3 is 0 Å². The highest BCUT2D eigenvalue weighted by molar-refractivity contribution is 7.14. The molecule has 1 amide bonds. The second-order valence-corrected chi connectivity index (χ2v) is 6.77. The van der Waals surface area contributed by atoms with E-state index < -0.39 is 0 Å². The Kier molecular flexibility index (Phi) is 4.77. The first-order valence-electron chi connectivity index (χ1n) is 7.99. The Hall–Kier alpha value is -2.06. The molecule has 0 radical (unpaired) electrons. The van der Waals surface area contributed by atoms with Crippen LogP contribution in [0, 0.1) is 0 Å². The molecule has 128 valence electrons. The van der Waals surface area contributed by atoms with E-state index in [4.69, 9.17) is 0 Å². The van der Waals surface area contributed by atoms with Gasteiger partial charge in [0.1, 0.15) is 0 Å². The van der Waals surface area contributed by atoms with E-state index in [-0.39, 0.29) is 11.5 Å².